The Balaban J connectivity index is 1.96. The molecule has 1 amide bonds. The third-order valence-electron chi connectivity index (χ3n) is 3.99. The Morgan fingerprint density at radius 1 is 1.70 bits per heavy atom. The van der Waals surface area contributed by atoms with E-state index in [4.69, 9.17) is 4.52 Å². The van der Waals surface area contributed by atoms with Gasteiger partial charge < -0.3 is 9.63 Å². The maximum atomic E-state index is 12.2. The van der Waals surface area contributed by atoms with Crippen LogP contribution in [0.4, 0.5) is 5.88 Å². The average Bonchev–Trinajstić information content (AvgIpc) is 2.83. The number of anilines is 1. The topological polar surface area (TPSA) is 78.6 Å². The van der Waals surface area contributed by atoms with Crippen molar-refractivity contribution in [1.82, 2.24) is 10.1 Å². The standard InChI is InChI=1S/C14H23N3O3/c1-10-7-12(20-16-10)15-13(19)11(2)17-6-4-5-14(3,8-17)9-18/h7,11,18H,4-6,8-9H2,1-3H3,(H,15,19). The normalized spacial score (nSPS) is 25.4. The molecule has 0 radical (unpaired) electrons. The molecule has 0 spiro atoms. The average molecular weight is 281 g/mol. The van der Waals surface area contributed by atoms with E-state index in [0.717, 1.165) is 31.6 Å². The molecule has 2 N–H and O–H groups in total. The van der Waals surface area contributed by atoms with E-state index in [-0.39, 0.29) is 24.0 Å². The van der Waals surface area contributed by atoms with Crippen LogP contribution in [-0.2, 0) is 4.79 Å². The largest absolute Gasteiger partial charge is 0.396 e. The highest BCUT2D eigenvalue weighted by molar-refractivity contribution is 5.93. The van der Waals surface area contributed by atoms with Crippen LogP contribution in [0.2, 0.25) is 0 Å². The quantitative estimate of drug-likeness (QED) is 0.872. The second kappa shape index (κ2) is 5.93. The van der Waals surface area contributed by atoms with Gasteiger partial charge in [-0.1, -0.05) is 12.1 Å². The number of aliphatic hydroxyl groups is 1. The van der Waals surface area contributed by atoms with Gasteiger partial charge in [0.05, 0.1) is 11.7 Å². The number of amides is 1. The van der Waals surface area contributed by atoms with Crippen molar-refractivity contribution in [3.8, 4) is 0 Å². The van der Waals surface area contributed by atoms with Crippen molar-refractivity contribution in [1.29, 1.82) is 0 Å². The zero-order chi connectivity index (χ0) is 14.8. The molecule has 0 aromatic carbocycles. The highest BCUT2D eigenvalue weighted by atomic mass is 16.5. The number of piperidine rings is 1. The minimum atomic E-state index is -0.258. The number of hydrogen-bond acceptors (Lipinski definition) is 5. The van der Waals surface area contributed by atoms with E-state index in [9.17, 15) is 9.90 Å². The number of aliphatic hydroxyl groups excluding tert-OH is 1. The summed E-state index contributed by atoms with van der Waals surface area (Å²) in [7, 11) is 0. The lowest BCUT2D eigenvalue weighted by Gasteiger charge is -2.41. The summed E-state index contributed by atoms with van der Waals surface area (Å²) in [4.78, 5) is 14.3. The van der Waals surface area contributed by atoms with Crippen LogP contribution in [0.1, 0.15) is 32.4 Å². The maximum Gasteiger partial charge on any atom is 0.243 e. The Morgan fingerprint density at radius 2 is 2.45 bits per heavy atom. The number of aromatic nitrogens is 1. The number of carbonyl (C=O) groups is 1. The van der Waals surface area contributed by atoms with Gasteiger partial charge in [0.25, 0.3) is 0 Å². The van der Waals surface area contributed by atoms with Crippen LogP contribution in [0.3, 0.4) is 0 Å². The molecule has 2 atom stereocenters. The van der Waals surface area contributed by atoms with Crippen molar-refractivity contribution in [2.75, 3.05) is 25.0 Å². The van der Waals surface area contributed by atoms with Gasteiger partial charge in [0.2, 0.25) is 11.8 Å². The third kappa shape index (κ3) is 3.37. The molecule has 0 saturated carbocycles. The molecule has 6 nitrogen and oxygen atoms in total. The first-order chi connectivity index (χ1) is 9.43. The van der Waals surface area contributed by atoms with Crippen molar-refractivity contribution in [3.63, 3.8) is 0 Å². The molecular formula is C14H23N3O3. The predicted octanol–water partition coefficient (Wildman–Crippen LogP) is 1.40. The van der Waals surface area contributed by atoms with E-state index in [2.05, 4.69) is 22.3 Å². The van der Waals surface area contributed by atoms with Crippen LogP contribution >= 0.6 is 0 Å². The lowest BCUT2D eigenvalue weighted by Crippen LogP contribution is -2.51. The number of likely N-dealkylation sites (tertiary alicyclic amines) is 1. The molecule has 1 aliphatic heterocycles. The molecule has 112 valence electrons. The van der Waals surface area contributed by atoms with Gasteiger partial charge >= 0.3 is 0 Å². The number of nitrogens with one attached hydrogen (secondary N) is 1. The van der Waals surface area contributed by atoms with Gasteiger partial charge in [-0.15, -0.1) is 0 Å². The van der Waals surface area contributed by atoms with Crippen LogP contribution in [0.25, 0.3) is 0 Å². The molecule has 2 heterocycles. The number of carbonyl (C=O) groups excluding carboxylic acids is 1. The van der Waals surface area contributed by atoms with Crippen LogP contribution in [0.5, 0.6) is 0 Å². The second-order valence-electron chi connectivity index (χ2n) is 6.04. The van der Waals surface area contributed by atoms with Crippen LogP contribution in [0, 0.1) is 12.3 Å². The molecule has 6 heteroatoms. The first-order valence-electron chi connectivity index (χ1n) is 7.03. The molecule has 1 aromatic heterocycles. The Morgan fingerprint density at radius 3 is 3.05 bits per heavy atom. The number of aryl methyl sites for hydroxylation is 1. The monoisotopic (exact) mass is 281 g/mol. The molecule has 0 aliphatic carbocycles. The molecule has 20 heavy (non-hydrogen) atoms. The van der Waals surface area contributed by atoms with Gasteiger partial charge in [-0.25, -0.2) is 0 Å². The molecule has 0 bridgehead atoms. The fourth-order valence-corrected chi connectivity index (χ4v) is 2.63. The Kier molecular flexibility index (Phi) is 4.45. The van der Waals surface area contributed by atoms with Gasteiger partial charge in [-0.3, -0.25) is 15.0 Å². The molecule has 1 fully saturated rings. The Hall–Kier alpha value is -1.40. The summed E-state index contributed by atoms with van der Waals surface area (Å²) < 4.78 is 4.99. The fraction of sp³-hybridized carbons (Fsp3) is 0.714. The van der Waals surface area contributed by atoms with Gasteiger partial charge in [-0.2, -0.15) is 0 Å². The van der Waals surface area contributed by atoms with Gasteiger partial charge in [0, 0.05) is 24.6 Å². The molecular weight excluding hydrogens is 258 g/mol. The second-order valence-corrected chi connectivity index (χ2v) is 6.04. The summed E-state index contributed by atoms with van der Waals surface area (Å²) >= 11 is 0. The van der Waals surface area contributed by atoms with Crippen LogP contribution in [-0.4, -0.2) is 46.8 Å². The Bertz CT molecular complexity index is 474. The summed E-state index contributed by atoms with van der Waals surface area (Å²) in [6.07, 6.45) is 1.99. The van der Waals surface area contributed by atoms with E-state index in [1.807, 2.05) is 6.92 Å². The highest BCUT2D eigenvalue weighted by Crippen LogP contribution is 2.29. The zero-order valence-corrected chi connectivity index (χ0v) is 12.3. The molecule has 1 aromatic rings. The van der Waals surface area contributed by atoms with Gasteiger partial charge in [0.15, 0.2) is 0 Å². The van der Waals surface area contributed by atoms with E-state index in [0.29, 0.717) is 5.88 Å². The Labute approximate surface area is 119 Å². The van der Waals surface area contributed by atoms with E-state index in [1.165, 1.54) is 0 Å². The van der Waals surface area contributed by atoms with Crippen molar-refractivity contribution in [3.05, 3.63) is 11.8 Å². The van der Waals surface area contributed by atoms with E-state index >= 15 is 0 Å². The first kappa shape index (κ1) is 15.0. The lowest BCUT2D eigenvalue weighted by molar-refractivity contribution is -0.122. The van der Waals surface area contributed by atoms with Crippen LogP contribution < -0.4 is 5.32 Å². The summed E-state index contributed by atoms with van der Waals surface area (Å²) in [6.45, 7) is 7.50. The zero-order valence-electron chi connectivity index (χ0n) is 12.3. The predicted molar refractivity (Wildman–Crippen MR) is 75.3 cm³/mol. The smallest absolute Gasteiger partial charge is 0.243 e. The van der Waals surface area contributed by atoms with Crippen molar-refractivity contribution in [2.45, 2.75) is 39.7 Å². The summed E-state index contributed by atoms with van der Waals surface area (Å²) in [5.41, 5.74) is 0.620. The SMILES string of the molecule is Cc1cc(NC(=O)C(C)N2CCCC(C)(CO)C2)on1. The van der Waals surface area contributed by atoms with Crippen LogP contribution in [0.15, 0.2) is 10.6 Å². The van der Waals surface area contributed by atoms with Gasteiger partial charge in [0.1, 0.15) is 0 Å². The summed E-state index contributed by atoms with van der Waals surface area (Å²) in [5.74, 6) is 0.268. The minimum absolute atomic E-state index is 0.108. The number of hydrogen-bond donors (Lipinski definition) is 2. The van der Waals surface area contributed by atoms with E-state index < -0.39 is 0 Å². The minimum Gasteiger partial charge on any atom is -0.396 e. The third-order valence-corrected chi connectivity index (χ3v) is 3.99. The number of nitrogens with zero attached hydrogens (tertiary/aromatic N) is 2. The van der Waals surface area contributed by atoms with Crippen molar-refractivity contribution >= 4 is 11.8 Å². The lowest BCUT2D eigenvalue weighted by atomic mass is 9.82. The molecule has 2 rings (SSSR count). The van der Waals surface area contributed by atoms with E-state index in [1.54, 1.807) is 13.0 Å². The van der Waals surface area contributed by atoms with Gasteiger partial charge in [-0.05, 0) is 33.2 Å². The van der Waals surface area contributed by atoms with Crippen molar-refractivity contribution < 1.29 is 14.4 Å². The number of rotatable bonds is 4. The van der Waals surface area contributed by atoms with Crippen molar-refractivity contribution in [2.24, 2.45) is 5.41 Å². The molecule has 1 saturated heterocycles. The highest BCUT2D eigenvalue weighted by Gasteiger charge is 2.34. The maximum absolute atomic E-state index is 12.2. The summed E-state index contributed by atoms with van der Waals surface area (Å²) in [6, 6.07) is 1.44. The molecule has 1 aliphatic rings. The summed E-state index contributed by atoms with van der Waals surface area (Å²) in [5, 5.41) is 16.0. The first-order valence-corrected chi connectivity index (χ1v) is 7.03. The molecule has 2 unspecified atom stereocenters. The fourth-order valence-electron chi connectivity index (χ4n) is 2.63.